The molecule has 346 valence electrons. The third-order valence-electron chi connectivity index (χ3n) is 9.74. The monoisotopic (exact) mass is 866 g/mol. The van der Waals surface area contributed by atoms with E-state index in [0.717, 1.165) is 44.9 Å². The van der Waals surface area contributed by atoms with Gasteiger partial charge in [0.25, 0.3) is 0 Å². The lowest BCUT2D eigenvalue weighted by atomic mass is 10.1. The van der Waals surface area contributed by atoms with E-state index in [9.17, 15) is 23.8 Å². The van der Waals surface area contributed by atoms with Gasteiger partial charge in [0.05, 0.1) is 13.2 Å². The summed E-state index contributed by atoms with van der Waals surface area (Å²) in [5, 5.41) is 8.90. The molecule has 0 saturated carbocycles. The van der Waals surface area contributed by atoms with Crippen molar-refractivity contribution in [2.24, 2.45) is 5.73 Å². The highest BCUT2D eigenvalue weighted by molar-refractivity contribution is 7.47. The smallest absolute Gasteiger partial charge is 0.472 e. The number of hydrogen-bond acceptors (Lipinski definition) is 9. The van der Waals surface area contributed by atoms with E-state index >= 15 is 0 Å². The van der Waals surface area contributed by atoms with Gasteiger partial charge < -0.3 is 25.2 Å². The Balaban J connectivity index is 4.45. The summed E-state index contributed by atoms with van der Waals surface area (Å²) in [6.07, 6.45) is 50.1. The predicted molar refractivity (Wildman–Crippen MR) is 245 cm³/mol. The van der Waals surface area contributed by atoms with Gasteiger partial charge in [-0.05, 0) is 77.0 Å². The number of carboxylic acids is 1. The van der Waals surface area contributed by atoms with Gasteiger partial charge in [-0.2, -0.15) is 0 Å². The Bertz CT molecular complexity index is 1250. The fourth-order valence-corrected chi connectivity index (χ4v) is 6.83. The van der Waals surface area contributed by atoms with E-state index in [0.29, 0.717) is 19.3 Å². The minimum Gasteiger partial charge on any atom is -0.480 e. The van der Waals surface area contributed by atoms with Crippen LogP contribution in [-0.4, -0.2) is 59.9 Å². The highest BCUT2D eigenvalue weighted by Gasteiger charge is 2.28. The molecule has 0 spiro atoms. The van der Waals surface area contributed by atoms with Crippen LogP contribution in [0.25, 0.3) is 0 Å². The van der Waals surface area contributed by atoms with Gasteiger partial charge >= 0.3 is 25.7 Å². The third kappa shape index (κ3) is 41.9. The number of phosphoric ester groups is 1. The second-order valence-corrected chi connectivity index (χ2v) is 17.0. The molecule has 0 aliphatic rings. The molecule has 12 heteroatoms. The maximum atomic E-state index is 12.6. The van der Waals surface area contributed by atoms with Crippen molar-refractivity contribution in [2.45, 2.75) is 206 Å². The highest BCUT2D eigenvalue weighted by Crippen LogP contribution is 2.43. The van der Waals surface area contributed by atoms with Gasteiger partial charge in [-0.25, -0.2) is 4.57 Å². The molecule has 0 rings (SSSR count). The van der Waals surface area contributed by atoms with Gasteiger partial charge in [0.15, 0.2) is 6.10 Å². The Kier molecular flexibility index (Phi) is 40.8. The number of aliphatic carboxylic acids is 1. The van der Waals surface area contributed by atoms with Crippen molar-refractivity contribution in [1.29, 1.82) is 0 Å². The zero-order chi connectivity index (χ0) is 44.2. The molecule has 0 aliphatic carbocycles. The topological polar surface area (TPSA) is 172 Å². The molecule has 0 saturated heterocycles. The highest BCUT2D eigenvalue weighted by atomic mass is 31.2. The molecule has 60 heavy (non-hydrogen) atoms. The standard InChI is InChI=1S/C48H84NO10P/c1-3-5-7-9-11-13-15-17-19-20-21-22-23-24-26-28-30-32-34-36-38-40-47(51)59-44(42-57-60(54,55)58-43-45(49)48(52)53)41-56-46(50)39-37-35-33-31-29-27-25-18-16-14-12-10-8-6-4-2/h19-20,22-23,26-29,32,34,44-45H,3-18,21,24-25,30-31,33,35-43,49H2,1-2H3,(H,52,53)(H,54,55)/b20-19+,23-22+,28-26+,29-27+,34-32+/t44-,45-/m0/s1. The van der Waals surface area contributed by atoms with Gasteiger partial charge in [0.2, 0.25) is 0 Å². The SMILES string of the molecule is CCCCCCCCC/C=C/C/C=C/C/C=C/C/C=C/CCCC(=O)O[C@@H](COC(=O)CCCCC/C=C/CCCCCCCCCC)COP(=O)(O)OC[C@H](N)C(=O)O. The number of esters is 2. The largest absolute Gasteiger partial charge is 0.480 e. The summed E-state index contributed by atoms with van der Waals surface area (Å²) in [6, 6.07) is -1.53. The molecule has 4 N–H and O–H groups in total. The van der Waals surface area contributed by atoms with Crippen molar-refractivity contribution in [3.8, 4) is 0 Å². The molecule has 1 unspecified atom stereocenters. The van der Waals surface area contributed by atoms with E-state index in [-0.39, 0.29) is 19.4 Å². The fourth-order valence-electron chi connectivity index (χ4n) is 6.05. The number of carbonyl (C=O) groups excluding carboxylic acids is 2. The second kappa shape index (κ2) is 42.9. The Morgan fingerprint density at radius 2 is 0.900 bits per heavy atom. The number of hydrogen-bond donors (Lipinski definition) is 3. The fraction of sp³-hybridized carbons (Fsp3) is 0.729. The first kappa shape index (κ1) is 57.2. The number of phosphoric acid groups is 1. The molecule has 0 amide bonds. The first-order valence-electron chi connectivity index (χ1n) is 23.3. The van der Waals surface area contributed by atoms with Gasteiger partial charge in [-0.1, -0.05) is 164 Å². The zero-order valence-electron chi connectivity index (χ0n) is 37.5. The third-order valence-corrected chi connectivity index (χ3v) is 10.7. The zero-order valence-corrected chi connectivity index (χ0v) is 38.4. The summed E-state index contributed by atoms with van der Waals surface area (Å²) in [5.41, 5.74) is 5.33. The van der Waals surface area contributed by atoms with Crippen molar-refractivity contribution in [1.82, 2.24) is 0 Å². The van der Waals surface area contributed by atoms with Crippen molar-refractivity contribution < 1.29 is 47.5 Å². The van der Waals surface area contributed by atoms with Crippen molar-refractivity contribution in [3.63, 3.8) is 0 Å². The molecule has 0 aliphatic heterocycles. The minimum absolute atomic E-state index is 0.0806. The Morgan fingerprint density at radius 3 is 1.38 bits per heavy atom. The maximum Gasteiger partial charge on any atom is 0.472 e. The molecular weight excluding hydrogens is 781 g/mol. The van der Waals surface area contributed by atoms with E-state index in [1.165, 1.54) is 103 Å². The molecule has 0 fully saturated rings. The Hall–Kier alpha value is -2.82. The van der Waals surface area contributed by atoms with Crippen LogP contribution in [0.2, 0.25) is 0 Å². The van der Waals surface area contributed by atoms with Crippen molar-refractivity contribution in [2.75, 3.05) is 19.8 Å². The van der Waals surface area contributed by atoms with Crippen molar-refractivity contribution in [3.05, 3.63) is 60.8 Å². The molecule has 0 aromatic carbocycles. The number of nitrogens with two attached hydrogens (primary N) is 1. The summed E-state index contributed by atoms with van der Waals surface area (Å²) in [6.45, 7) is 2.73. The number of carbonyl (C=O) groups is 3. The quantitative estimate of drug-likeness (QED) is 0.0230. The average Bonchev–Trinajstić information content (AvgIpc) is 3.22. The molecule has 0 heterocycles. The molecular formula is C48H84NO10P. The molecule has 0 aromatic rings. The van der Waals surface area contributed by atoms with E-state index in [4.69, 9.17) is 24.8 Å². The number of unbranched alkanes of at least 4 members (excludes halogenated alkanes) is 19. The minimum atomic E-state index is -4.74. The molecule has 0 bridgehead atoms. The first-order chi connectivity index (χ1) is 29.1. The van der Waals surface area contributed by atoms with E-state index in [2.05, 4.69) is 67.0 Å². The summed E-state index contributed by atoms with van der Waals surface area (Å²) >= 11 is 0. The van der Waals surface area contributed by atoms with E-state index in [1.807, 2.05) is 12.2 Å². The molecule has 3 atom stereocenters. The second-order valence-electron chi connectivity index (χ2n) is 15.5. The molecule has 0 aromatic heterocycles. The van der Waals surface area contributed by atoms with Gasteiger partial charge in [0.1, 0.15) is 12.6 Å². The maximum absolute atomic E-state index is 12.6. The Labute approximate surface area is 364 Å². The molecule has 0 radical (unpaired) electrons. The van der Waals surface area contributed by atoms with Crippen LogP contribution in [0.4, 0.5) is 0 Å². The van der Waals surface area contributed by atoms with Crippen LogP contribution in [0.3, 0.4) is 0 Å². The number of ether oxygens (including phenoxy) is 2. The predicted octanol–water partition coefficient (Wildman–Crippen LogP) is 12.7. The lowest BCUT2D eigenvalue weighted by Gasteiger charge is -2.20. The lowest BCUT2D eigenvalue weighted by Crippen LogP contribution is -2.34. The van der Waals surface area contributed by atoms with Crippen LogP contribution in [-0.2, 0) is 37.5 Å². The average molecular weight is 866 g/mol. The summed E-state index contributed by atoms with van der Waals surface area (Å²) in [7, 11) is -4.74. The van der Waals surface area contributed by atoms with Gasteiger partial charge in [-0.3, -0.25) is 23.4 Å². The first-order valence-corrected chi connectivity index (χ1v) is 24.8. The summed E-state index contributed by atoms with van der Waals surface area (Å²) in [4.78, 5) is 46.0. The lowest BCUT2D eigenvalue weighted by molar-refractivity contribution is -0.161. The number of carboxylic acid groups (broad SMARTS) is 1. The van der Waals surface area contributed by atoms with E-state index in [1.54, 1.807) is 0 Å². The summed E-state index contributed by atoms with van der Waals surface area (Å²) in [5.74, 6) is -2.47. The van der Waals surface area contributed by atoms with Crippen LogP contribution in [0.1, 0.15) is 194 Å². The Morgan fingerprint density at radius 1 is 0.517 bits per heavy atom. The number of rotatable bonds is 43. The van der Waals surface area contributed by atoms with Crippen LogP contribution in [0, 0.1) is 0 Å². The normalized spacial score (nSPS) is 14.2. The number of allylic oxidation sites excluding steroid dienone is 10. The van der Waals surface area contributed by atoms with Crippen LogP contribution >= 0.6 is 7.82 Å². The van der Waals surface area contributed by atoms with Crippen molar-refractivity contribution >= 4 is 25.7 Å². The summed E-state index contributed by atoms with van der Waals surface area (Å²) < 4.78 is 32.7. The van der Waals surface area contributed by atoms with Crippen LogP contribution < -0.4 is 5.73 Å². The van der Waals surface area contributed by atoms with Gasteiger partial charge in [0, 0.05) is 12.8 Å². The molecule has 11 nitrogen and oxygen atoms in total. The van der Waals surface area contributed by atoms with Crippen LogP contribution in [0.15, 0.2) is 60.8 Å². The van der Waals surface area contributed by atoms with Crippen LogP contribution in [0.5, 0.6) is 0 Å². The van der Waals surface area contributed by atoms with Gasteiger partial charge in [-0.15, -0.1) is 0 Å². The van der Waals surface area contributed by atoms with E-state index < -0.39 is 51.1 Å².